The summed E-state index contributed by atoms with van der Waals surface area (Å²) in [6.07, 6.45) is 3.53. The van der Waals surface area contributed by atoms with Gasteiger partial charge in [0.15, 0.2) is 0 Å². The van der Waals surface area contributed by atoms with E-state index in [-0.39, 0.29) is 5.41 Å². The number of methoxy groups -OCH3 is 1. The van der Waals surface area contributed by atoms with Gasteiger partial charge < -0.3 is 10.5 Å². The predicted molar refractivity (Wildman–Crippen MR) is 51.9 cm³/mol. The second-order valence-electron chi connectivity index (χ2n) is 3.93. The smallest absolute Gasteiger partial charge is 0.323 e. The van der Waals surface area contributed by atoms with Gasteiger partial charge in [-0.25, -0.2) is 0 Å². The molecule has 1 atom stereocenters. The summed E-state index contributed by atoms with van der Waals surface area (Å²) in [7, 11) is 3.13. The number of carbonyl (C=O) groups excluding carboxylic acids is 1. The molecular formula is C9H14N4O2. The van der Waals surface area contributed by atoms with E-state index >= 15 is 0 Å². The highest BCUT2D eigenvalue weighted by molar-refractivity contribution is 5.78. The van der Waals surface area contributed by atoms with E-state index in [1.165, 1.54) is 7.11 Å². The summed E-state index contributed by atoms with van der Waals surface area (Å²) in [5.74, 6) is -0.391. The summed E-state index contributed by atoms with van der Waals surface area (Å²) < 4.78 is 6.26. The van der Waals surface area contributed by atoms with E-state index in [1.54, 1.807) is 17.9 Å². The Morgan fingerprint density at radius 2 is 2.40 bits per heavy atom. The first-order valence-electron chi connectivity index (χ1n) is 4.80. The van der Waals surface area contributed by atoms with Crippen LogP contribution >= 0.6 is 0 Å². The van der Waals surface area contributed by atoms with Crippen molar-refractivity contribution in [1.29, 1.82) is 0 Å². The van der Waals surface area contributed by atoms with Crippen LogP contribution in [0.1, 0.15) is 18.5 Å². The van der Waals surface area contributed by atoms with Gasteiger partial charge >= 0.3 is 5.97 Å². The summed E-state index contributed by atoms with van der Waals surface area (Å²) >= 11 is 0. The average molecular weight is 210 g/mol. The van der Waals surface area contributed by atoms with Crippen molar-refractivity contribution in [3.05, 3.63) is 11.9 Å². The Bertz CT molecular complexity index is 383. The number of carbonyl (C=O) groups is 1. The molecule has 0 radical (unpaired) electrons. The number of hydrogen-bond acceptors (Lipinski definition) is 5. The Balaban J connectivity index is 2.24. The summed E-state index contributed by atoms with van der Waals surface area (Å²) in [4.78, 5) is 11.4. The molecule has 0 amide bonds. The highest BCUT2D eigenvalue weighted by Gasteiger charge is 2.54. The molecule has 6 heteroatoms. The SMILES string of the molecule is COC(=O)C(N)C1(c2cn(C)nn2)CC1. The average Bonchev–Trinajstić information content (AvgIpc) is 2.94. The Labute approximate surface area is 87.4 Å². The van der Waals surface area contributed by atoms with Crippen LogP contribution in [-0.2, 0) is 22.0 Å². The van der Waals surface area contributed by atoms with Gasteiger partial charge in [-0.05, 0) is 12.8 Å². The second-order valence-corrected chi connectivity index (χ2v) is 3.93. The fourth-order valence-electron chi connectivity index (χ4n) is 1.79. The van der Waals surface area contributed by atoms with Crippen molar-refractivity contribution in [2.75, 3.05) is 7.11 Å². The maximum absolute atomic E-state index is 11.4. The lowest BCUT2D eigenvalue weighted by atomic mass is 9.94. The molecular weight excluding hydrogens is 196 g/mol. The molecule has 2 rings (SSSR count). The molecule has 0 aliphatic heterocycles. The minimum atomic E-state index is -0.640. The van der Waals surface area contributed by atoms with Crippen molar-refractivity contribution in [1.82, 2.24) is 15.0 Å². The maximum Gasteiger partial charge on any atom is 0.323 e. The zero-order valence-electron chi connectivity index (χ0n) is 8.80. The van der Waals surface area contributed by atoms with Crippen LogP contribution in [0.5, 0.6) is 0 Å². The van der Waals surface area contributed by atoms with Crippen LogP contribution < -0.4 is 5.73 Å². The summed E-state index contributed by atoms with van der Waals surface area (Å²) in [5, 5.41) is 7.86. The number of nitrogens with two attached hydrogens (primary N) is 1. The molecule has 15 heavy (non-hydrogen) atoms. The number of ether oxygens (including phenoxy) is 1. The van der Waals surface area contributed by atoms with Gasteiger partial charge in [0.05, 0.1) is 12.8 Å². The van der Waals surface area contributed by atoms with Gasteiger partial charge in [-0.3, -0.25) is 9.48 Å². The van der Waals surface area contributed by atoms with E-state index in [2.05, 4.69) is 15.0 Å². The standard InChI is InChI=1S/C9H14N4O2/c1-13-5-6(11-12-13)9(3-4-9)7(10)8(14)15-2/h5,7H,3-4,10H2,1-2H3. The Hall–Kier alpha value is -1.43. The highest BCUT2D eigenvalue weighted by atomic mass is 16.5. The molecule has 82 valence electrons. The largest absolute Gasteiger partial charge is 0.468 e. The first-order chi connectivity index (χ1) is 7.10. The van der Waals surface area contributed by atoms with Gasteiger partial charge in [-0.1, -0.05) is 5.21 Å². The third kappa shape index (κ3) is 1.50. The maximum atomic E-state index is 11.4. The molecule has 0 aromatic carbocycles. The fourth-order valence-corrected chi connectivity index (χ4v) is 1.79. The van der Waals surface area contributed by atoms with Crippen molar-refractivity contribution in [2.24, 2.45) is 12.8 Å². The topological polar surface area (TPSA) is 83.0 Å². The molecule has 1 aromatic heterocycles. The van der Waals surface area contributed by atoms with Crippen LogP contribution in [0.3, 0.4) is 0 Å². The number of esters is 1. The van der Waals surface area contributed by atoms with Crippen molar-refractivity contribution in [3.8, 4) is 0 Å². The highest BCUT2D eigenvalue weighted by Crippen LogP contribution is 2.49. The normalized spacial score (nSPS) is 19.7. The molecule has 2 N–H and O–H groups in total. The molecule has 1 aliphatic carbocycles. The molecule has 1 unspecified atom stereocenters. The first-order valence-corrected chi connectivity index (χ1v) is 4.80. The van der Waals surface area contributed by atoms with Crippen LogP contribution in [-0.4, -0.2) is 34.1 Å². The lowest BCUT2D eigenvalue weighted by Crippen LogP contribution is -2.43. The number of hydrogen-bond donors (Lipinski definition) is 1. The summed E-state index contributed by atoms with van der Waals surface area (Å²) in [5.41, 5.74) is 6.29. The number of nitrogens with zero attached hydrogens (tertiary/aromatic N) is 3. The van der Waals surface area contributed by atoms with Gasteiger partial charge in [0.25, 0.3) is 0 Å². The molecule has 1 aliphatic rings. The lowest BCUT2D eigenvalue weighted by molar-refractivity contribution is -0.143. The third-order valence-electron chi connectivity index (χ3n) is 2.95. The van der Waals surface area contributed by atoms with Crippen LogP contribution in [0.15, 0.2) is 6.20 Å². The molecule has 6 nitrogen and oxygen atoms in total. The first kappa shape index (κ1) is 10.1. The van der Waals surface area contributed by atoms with Crippen LogP contribution in [0.25, 0.3) is 0 Å². The molecule has 0 spiro atoms. The Morgan fingerprint density at radius 1 is 1.73 bits per heavy atom. The Morgan fingerprint density at radius 3 is 2.80 bits per heavy atom. The van der Waals surface area contributed by atoms with E-state index in [4.69, 9.17) is 5.73 Å². The summed E-state index contributed by atoms with van der Waals surface area (Å²) in [6, 6.07) is -0.640. The number of aromatic nitrogens is 3. The second kappa shape index (κ2) is 3.30. The van der Waals surface area contributed by atoms with Crippen molar-refractivity contribution in [3.63, 3.8) is 0 Å². The van der Waals surface area contributed by atoms with E-state index < -0.39 is 12.0 Å². The van der Waals surface area contributed by atoms with E-state index in [9.17, 15) is 4.79 Å². The molecule has 0 bridgehead atoms. The molecule has 0 saturated heterocycles. The van der Waals surface area contributed by atoms with Crippen molar-refractivity contribution in [2.45, 2.75) is 24.3 Å². The number of rotatable bonds is 3. The minimum absolute atomic E-state index is 0.346. The van der Waals surface area contributed by atoms with E-state index in [0.717, 1.165) is 18.5 Å². The molecule has 1 heterocycles. The predicted octanol–water partition coefficient (Wildman–Crippen LogP) is -0.653. The van der Waals surface area contributed by atoms with Gasteiger partial charge in [0.1, 0.15) is 6.04 Å². The van der Waals surface area contributed by atoms with E-state index in [0.29, 0.717) is 0 Å². The molecule has 1 aromatic rings. The van der Waals surface area contributed by atoms with Crippen LogP contribution in [0, 0.1) is 0 Å². The van der Waals surface area contributed by atoms with Crippen molar-refractivity contribution >= 4 is 5.97 Å². The zero-order chi connectivity index (χ0) is 11.1. The molecule has 1 fully saturated rings. The lowest BCUT2D eigenvalue weighted by Gasteiger charge is -2.18. The van der Waals surface area contributed by atoms with Crippen molar-refractivity contribution < 1.29 is 9.53 Å². The monoisotopic (exact) mass is 210 g/mol. The van der Waals surface area contributed by atoms with Gasteiger partial charge in [-0.2, -0.15) is 0 Å². The Kier molecular flexibility index (Phi) is 2.22. The molecule has 1 saturated carbocycles. The zero-order valence-corrected chi connectivity index (χ0v) is 8.80. The summed E-state index contributed by atoms with van der Waals surface area (Å²) in [6.45, 7) is 0. The van der Waals surface area contributed by atoms with Crippen LogP contribution in [0.4, 0.5) is 0 Å². The third-order valence-corrected chi connectivity index (χ3v) is 2.95. The minimum Gasteiger partial charge on any atom is -0.468 e. The van der Waals surface area contributed by atoms with Crippen LogP contribution in [0.2, 0.25) is 0 Å². The van der Waals surface area contributed by atoms with Gasteiger partial charge in [-0.15, -0.1) is 5.10 Å². The number of aryl methyl sites for hydroxylation is 1. The van der Waals surface area contributed by atoms with E-state index in [1.807, 2.05) is 0 Å². The quantitative estimate of drug-likeness (QED) is 0.670. The van der Waals surface area contributed by atoms with Gasteiger partial charge in [0.2, 0.25) is 0 Å². The van der Waals surface area contributed by atoms with Gasteiger partial charge in [0, 0.05) is 18.7 Å². The fraction of sp³-hybridized carbons (Fsp3) is 0.667.